The highest BCUT2D eigenvalue weighted by Gasteiger charge is 2.25. The van der Waals surface area contributed by atoms with Gasteiger partial charge in [-0.2, -0.15) is 0 Å². The molecular weight excluding hydrogens is 453 g/mol. The second-order valence-corrected chi connectivity index (χ2v) is 6.44. The zero-order valence-corrected chi connectivity index (χ0v) is 19.3. The number of benzene rings is 1. The van der Waals surface area contributed by atoms with E-state index in [-0.39, 0.29) is 36.0 Å². The molecular formula is C21H36IN3O2. The Morgan fingerprint density at radius 2 is 1.93 bits per heavy atom. The van der Waals surface area contributed by atoms with Crippen molar-refractivity contribution in [2.75, 3.05) is 26.3 Å². The highest BCUT2D eigenvalue weighted by Crippen LogP contribution is 2.29. The lowest BCUT2D eigenvalue weighted by atomic mass is 9.79. The second-order valence-electron chi connectivity index (χ2n) is 6.44. The van der Waals surface area contributed by atoms with Crippen LogP contribution in [0.5, 0.6) is 5.75 Å². The summed E-state index contributed by atoms with van der Waals surface area (Å²) in [6.45, 7) is 12.9. The summed E-state index contributed by atoms with van der Waals surface area (Å²) in [5.74, 6) is 1.62. The maximum atomic E-state index is 9.39. The highest BCUT2D eigenvalue weighted by molar-refractivity contribution is 14.0. The quantitative estimate of drug-likeness (QED) is 0.179. The zero-order valence-electron chi connectivity index (χ0n) is 17.0. The number of halogens is 1. The molecule has 0 amide bonds. The highest BCUT2D eigenvalue weighted by atomic mass is 127. The van der Waals surface area contributed by atoms with E-state index >= 15 is 0 Å². The molecule has 0 bridgehead atoms. The van der Waals surface area contributed by atoms with Crippen molar-refractivity contribution < 1.29 is 9.84 Å². The SMILES string of the molecule is C=CCOc1ccccc1CN=C(NCC)NCC(CC)(CC)CCO.I. The first-order chi connectivity index (χ1) is 12.6. The zero-order chi connectivity index (χ0) is 19.3. The molecule has 0 aliphatic heterocycles. The summed E-state index contributed by atoms with van der Waals surface area (Å²) in [6, 6.07) is 7.93. The summed E-state index contributed by atoms with van der Waals surface area (Å²) in [4.78, 5) is 4.71. The van der Waals surface area contributed by atoms with E-state index in [2.05, 4.69) is 38.0 Å². The van der Waals surface area contributed by atoms with Gasteiger partial charge in [0.05, 0.1) is 6.54 Å². The molecule has 0 radical (unpaired) electrons. The lowest BCUT2D eigenvalue weighted by Gasteiger charge is -2.32. The van der Waals surface area contributed by atoms with Crippen molar-refractivity contribution in [1.82, 2.24) is 10.6 Å². The van der Waals surface area contributed by atoms with Crippen molar-refractivity contribution in [3.8, 4) is 5.75 Å². The molecule has 0 spiro atoms. The lowest BCUT2D eigenvalue weighted by Crippen LogP contribution is -2.43. The van der Waals surface area contributed by atoms with Crippen LogP contribution in [0, 0.1) is 5.41 Å². The second kappa shape index (κ2) is 14.7. The first-order valence-electron chi connectivity index (χ1n) is 9.59. The molecule has 3 N–H and O–H groups in total. The molecule has 5 nitrogen and oxygen atoms in total. The van der Waals surface area contributed by atoms with Crippen molar-refractivity contribution in [3.63, 3.8) is 0 Å². The number of aliphatic hydroxyl groups is 1. The van der Waals surface area contributed by atoms with Gasteiger partial charge in [-0.3, -0.25) is 0 Å². The molecule has 0 atom stereocenters. The van der Waals surface area contributed by atoms with Gasteiger partial charge in [0.25, 0.3) is 0 Å². The van der Waals surface area contributed by atoms with Gasteiger partial charge in [0, 0.05) is 25.3 Å². The van der Waals surface area contributed by atoms with Crippen LogP contribution in [0.25, 0.3) is 0 Å². The van der Waals surface area contributed by atoms with Gasteiger partial charge < -0.3 is 20.5 Å². The van der Waals surface area contributed by atoms with Crippen LogP contribution in [0.1, 0.15) is 45.6 Å². The molecule has 0 saturated heterocycles. The summed E-state index contributed by atoms with van der Waals surface area (Å²) in [7, 11) is 0. The molecule has 1 rings (SSSR count). The molecule has 154 valence electrons. The predicted molar refractivity (Wildman–Crippen MR) is 125 cm³/mol. The standard InChI is InChI=1S/C21H35N3O2.HI/c1-5-15-26-19-12-10-9-11-18(19)16-23-20(22-8-4)24-17-21(6-2,7-3)13-14-25;/h5,9-12,25H,1,6-8,13-17H2,2-4H3,(H2,22,23,24);1H. The number of para-hydroxylation sites is 1. The smallest absolute Gasteiger partial charge is 0.191 e. The number of guanidine groups is 1. The fourth-order valence-electron chi connectivity index (χ4n) is 2.88. The molecule has 0 aliphatic carbocycles. The van der Waals surface area contributed by atoms with Crippen molar-refractivity contribution in [2.24, 2.45) is 10.4 Å². The number of hydrogen-bond donors (Lipinski definition) is 3. The number of nitrogens with one attached hydrogen (secondary N) is 2. The molecule has 0 aromatic heterocycles. The van der Waals surface area contributed by atoms with Crippen LogP contribution in [0.2, 0.25) is 0 Å². The van der Waals surface area contributed by atoms with E-state index in [0.29, 0.717) is 13.2 Å². The van der Waals surface area contributed by atoms with Crippen molar-refractivity contribution in [3.05, 3.63) is 42.5 Å². The minimum Gasteiger partial charge on any atom is -0.489 e. The van der Waals surface area contributed by atoms with Crippen LogP contribution in [0.4, 0.5) is 0 Å². The monoisotopic (exact) mass is 489 g/mol. The maximum absolute atomic E-state index is 9.39. The Morgan fingerprint density at radius 3 is 2.52 bits per heavy atom. The van der Waals surface area contributed by atoms with Crippen LogP contribution >= 0.6 is 24.0 Å². The van der Waals surface area contributed by atoms with Crippen molar-refractivity contribution in [2.45, 2.75) is 46.6 Å². The van der Waals surface area contributed by atoms with Gasteiger partial charge in [-0.05, 0) is 37.7 Å². The first kappa shape index (κ1) is 25.7. The molecule has 27 heavy (non-hydrogen) atoms. The van der Waals surface area contributed by atoms with Crippen molar-refractivity contribution in [1.29, 1.82) is 0 Å². The average Bonchev–Trinajstić information content (AvgIpc) is 2.68. The van der Waals surface area contributed by atoms with E-state index in [1.807, 2.05) is 24.3 Å². The summed E-state index contributed by atoms with van der Waals surface area (Å²) in [5.41, 5.74) is 1.13. The molecule has 6 heteroatoms. The molecule has 0 heterocycles. The van der Waals surface area contributed by atoms with Gasteiger partial charge in [0.15, 0.2) is 5.96 Å². The largest absolute Gasteiger partial charge is 0.489 e. The lowest BCUT2D eigenvalue weighted by molar-refractivity contribution is 0.169. The Labute approximate surface area is 181 Å². The van der Waals surface area contributed by atoms with E-state index < -0.39 is 0 Å². The third kappa shape index (κ3) is 8.97. The number of nitrogens with zero attached hydrogens (tertiary/aromatic N) is 1. The number of ether oxygens (including phenoxy) is 1. The fraction of sp³-hybridized carbons (Fsp3) is 0.571. The summed E-state index contributed by atoms with van der Waals surface area (Å²) < 4.78 is 5.70. The molecule has 0 saturated carbocycles. The predicted octanol–water partition coefficient (Wildman–Crippen LogP) is 4.11. The minimum absolute atomic E-state index is 0. The third-order valence-electron chi connectivity index (χ3n) is 4.85. The summed E-state index contributed by atoms with van der Waals surface area (Å²) in [6.07, 6.45) is 4.58. The average molecular weight is 489 g/mol. The number of rotatable bonds is 12. The third-order valence-corrected chi connectivity index (χ3v) is 4.85. The van der Waals surface area contributed by atoms with Gasteiger partial charge in [-0.25, -0.2) is 4.99 Å². The van der Waals surface area contributed by atoms with Gasteiger partial charge in [-0.15, -0.1) is 24.0 Å². The van der Waals surface area contributed by atoms with Crippen LogP contribution in [0.3, 0.4) is 0 Å². The Hall–Kier alpha value is -1.28. The van der Waals surface area contributed by atoms with Crippen LogP contribution in [0.15, 0.2) is 41.9 Å². The summed E-state index contributed by atoms with van der Waals surface area (Å²) >= 11 is 0. The molecule has 1 aromatic carbocycles. The van der Waals surface area contributed by atoms with Gasteiger partial charge in [0.1, 0.15) is 12.4 Å². The van der Waals surface area contributed by atoms with Gasteiger partial charge >= 0.3 is 0 Å². The van der Waals surface area contributed by atoms with Crippen LogP contribution in [-0.2, 0) is 6.54 Å². The molecule has 1 aromatic rings. The topological polar surface area (TPSA) is 65.9 Å². The number of aliphatic imine (C=N–C) groups is 1. The minimum atomic E-state index is 0. The van der Waals surface area contributed by atoms with Gasteiger partial charge in [-0.1, -0.05) is 44.7 Å². The van der Waals surface area contributed by atoms with E-state index in [1.54, 1.807) is 6.08 Å². The maximum Gasteiger partial charge on any atom is 0.191 e. The van der Waals surface area contributed by atoms with Gasteiger partial charge in [0.2, 0.25) is 0 Å². The van der Waals surface area contributed by atoms with E-state index in [0.717, 1.165) is 49.6 Å². The number of hydrogen-bond acceptors (Lipinski definition) is 3. The Balaban J connectivity index is 0.00000676. The fourth-order valence-corrected chi connectivity index (χ4v) is 2.88. The summed E-state index contributed by atoms with van der Waals surface area (Å²) in [5, 5.41) is 16.1. The van der Waals surface area contributed by atoms with Crippen molar-refractivity contribution >= 4 is 29.9 Å². The Kier molecular flexibility index (Phi) is 14.0. The molecule has 0 unspecified atom stereocenters. The molecule has 0 fully saturated rings. The normalized spacial score (nSPS) is 11.5. The van der Waals surface area contributed by atoms with E-state index in [1.165, 1.54) is 0 Å². The Bertz CT molecular complexity index is 560. The van der Waals surface area contributed by atoms with E-state index in [4.69, 9.17) is 9.73 Å². The van der Waals surface area contributed by atoms with E-state index in [9.17, 15) is 5.11 Å². The first-order valence-corrected chi connectivity index (χ1v) is 9.59. The van der Waals surface area contributed by atoms with Crippen LogP contribution < -0.4 is 15.4 Å². The van der Waals surface area contributed by atoms with Crippen LogP contribution in [-0.4, -0.2) is 37.4 Å². The number of aliphatic hydroxyl groups excluding tert-OH is 1. The molecule has 0 aliphatic rings. The Morgan fingerprint density at radius 1 is 1.22 bits per heavy atom.